The number of aliphatic imine (C=N–C) groups is 1. The maximum Gasteiger partial charge on any atom is 0.231 e. The Bertz CT molecular complexity index is 894. The minimum Gasteiger partial charge on any atom is -0.507 e. The number of benzene rings is 2. The summed E-state index contributed by atoms with van der Waals surface area (Å²) >= 11 is 1.31. The summed E-state index contributed by atoms with van der Waals surface area (Å²) in [5.41, 5.74) is 2.38. The van der Waals surface area contributed by atoms with Gasteiger partial charge in [-0.3, -0.25) is 5.32 Å². The Hall–Kier alpha value is -2.98. The molecule has 0 saturated carbocycles. The molecule has 0 fully saturated rings. The van der Waals surface area contributed by atoms with Gasteiger partial charge < -0.3 is 9.52 Å². The molecule has 0 unspecified atom stereocenters. The van der Waals surface area contributed by atoms with E-state index in [0.717, 1.165) is 0 Å². The Kier molecular flexibility index (Phi) is 4.17. The van der Waals surface area contributed by atoms with Crippen LogP contribution in [0.2, 0.25) is 0 Å². The molecule has 2 N–H and O–H groups in total. The number of phenols is 1. The van der Waals surface area contributed by atoms with Crippen molar-refractivity contribution in [3.05, 3.63) is 42.5 Å². The van der Waals surface area contributed by atoms with Gasteiger partial charge in [0.25, 0.3) is 0 Å². The third kappa shape index (κ3) is 3.12. The number of aromatic nitrogens is 1. The molecule has 7 heteroatoms. The molecule has 0 aliphatic rings. The predicted molar refractivity (Wildman–Crippen MR) is 90.5 cm³/mol. The fourth-order valence-electron chi connectivity index (χ4n) is 2.04. The summed E-state index contributed by atoms with van der Waals surface area (Å²) in [4.78, 5) is 8.69. The lowest BCUT2D eigenvalue weighted by molar-refractivity contribution is 0.474. The highest BCUT2D eigenvalue weighted by Gasteiger charge is 2.13. The monoisotopic (exact) mass is 324 g/mol. The topological polar surface area (TPSA) is 94.4 Å². The largest absolute Gasteiger partial charge is 0.507 e. The van der Waals surface area contributed by atoms with Gasteiger partial charge in [0, 0.05) is 0 Å². The number of nitriles is 1. The standard InChI is InChI=1S/C16H12N4O2S/c1-23-16(18-9-17)19-10-6-7-13(21)11(8-10)15-20-12-4-2-3-5-14(12)22-15/h2-8,21H,1H3,(H,18,19). The number of nitrogens with zero attached hydrogens (tertiary/aromatic N) is 3. The predicted octanol–water partition coefficient (Wildman–Crippen LogP) is 3.62. The molecule has 6 nitrogen and oxygen atoms in total. The van der Waals surface area contributed by atoms with Crippen LogP contribution in [-0.2, 0) is 0 Å². The summed E-state index contributed by atoms with van der Waals surface area (Å²) in [5, 5.41) is 21.7. The second kappa shape index (κ2) is 6.42. The van der Waals surface area contributed by atoms with E-state index in [4.69, 9.17) is 9.68 Å². The second-order valence-electron chi connectivity index (χ2n) is 4.55. The first kappa shape index (κ1) is 14.9. The van der Waals surface area contributed by atoms with E-state index in [2.05, 4.69) is 15.3 Å². The average Bonchev–Trinajstić information content (AvgIpc) is 2.99. The number of nitrogens with one attached hydrogen (secondary N) is 1. The normalized spacial score (nSPS) is 11.4. The molecule has 1 aromatic heterocycles. The zero-order valence-corrected chi connectivity index (χ0v) is 13.0. The van der Waals surface area contributed by atoms with Crippen molar-refractivity contribution in [2.24, 2.45) is 4.99 Å². The van der Waals surface area contributed by atoms with E-state index in [1.54, 1.807) is 12.1 Å². The Morgan fingerprint density at radius 2 is 2.17 bits per heavy atom. The smallest absolute Gasteiger partial charge is 0.231 e. The molecular weight excluding hydrogens is 312 g/mol. The first-order chi connectivity index (χ1) is 11.2. The number of hydrogen-bond donors (Lipinski definition) is 2. The maximum absolute atomic E-state index is 10.1. The molecular formula is C16H12N4O2S. The van der Waals surface area contributed by atoms with E-state index >= 15 is 0 Å². The minimum absolute atomic E-state index is 0.0504. The van der Waals surface area contributed by atoms with E-state index in [1.807, 2.05) is 36.7 Å². The molecule has 114 valence electrons. The molecule has 0 spiro atoms. The lowest BCUT2D eigenvalue weighted by Gasteiger charge is -2.03. The molecule has 3 rings (SSSR count). The quantitative estimate of drug-likeness (QED) is 0.323. The number of thioether (sulfide) groups is 1. The van der Waals surface area contributed by atoms with Crippen LogP contribution in [-0.4, -0.2) is 21.5 Å². The lowest BCUT2D eigenvalue weighted by atomic mass is 10.2. The van der Waals surface area contributed by atoms with Crippen molar-refractivity contribution in [2.45, 2.75) is 0 Å². The Morgan fingerprint density at radius 3 is 2.91 bits per heavy atom. The number of fused-ring (bicyclic) bond motifs is 1. The van der Waals surface area contributed by atoms with Gasteiger partial charge >= 0.3 is 0 Å². The van der Waals surface area contributed by atoms with Crippen LogP contribution in [0.4, 0.5) is 5.69 Å². The van der Waals surface area contributed by atoms with E-state index < -0.39 is 0 Å². The maximum atomic E-state index is 10.1. The van der Waals surface area contributed by atoms with Gasteiger partial charge in [0.05, 0.1) is 11.3 Å². The van der Waals surface area contributed by atoms with Crippen LogP contribution in [0.1, 0.15) is 0 Å². The van der Waals surface area contributed by atoms with Crippen LogP contribution in [0.5, 0.6) is 5.75 Å². The van der Waals surface area contributed by atoms with Crippen molar-refractivity contribution < 1.29 is 9.52 Å². The highest BCUT2D eigenvalue weighted by Crippen LogP contribution is 2.34. The number of phenolic OH excluding ortho intramolecular Hbond substituents is 1. The van der Waals surface area contributed by atoms with Gasteiger partial charge in [0.2, 0.25) is 5.89 Å². The Morgan fingerprint density at radius 1 is 1.35 bits per heavy atom. The van der Waals surface area contributed by atoms with Crippen LogP contribution in [0.25, 0.3) is 22.6 Å². The molecule has 0 atom stereocenters. The van der Waals surface area contributed by atoms with Crippen LogP contribution in [0, 0.1) is 11.5 Å². The Balaban J connectivity index is 2.05. The van der Waals surface area contributed by atoms with Crippen molar-refractivity contribution in [2.75, 3.05) is 6.26 Å². The lowest BCUT2D eigenvalue weighted by Crippen LogP contribution is -2.12. The summed E-state index contributed by atoms with van der Waals surface area (Å²) < 4.78 is 5.68. The molecule has 0 radical (unpaired) electrons. The number of para-hydroxylation sites is 2. The number of aromatic hydroxyl groups is 1. The first-order valence-corrected chi connectivity index (χ1v) is 7.90. The number of amidine groups is 1. The zero-order chi connectivity index (χ0) is 16.2. The van der Waals surface area contributed by atoms with Crippen LogP contribution in [0.3, 0.4) is 0 Å². The molecule has 0 aliphatic carbocycles. The van der Waals surface area contributed by atoms with Gasteiger partial charge in [0.1, 0.15) is 11.3 Å². The molecule has 2 aromatic carbocycles. The second-order valence-corrected chi connectivity index (χ2v) is 5.34. The summed E-state index contributed by atoms with van der Waals surface area (Å²) in [6.45, 7) is 0. The van der Waals surface area contributed by atoms with Crippen LogP contribution < -0.4 is 5.32 Å². The van der Waals surface area contributed by atoms with Gasteiger partial charge in [-0.1, -0.05) is 23.9 Å². The van der Waals surface area contributed by atoms with E-state index in [1.165, 1.54) is 17.8 Å². The van der Waals surface area contributed by atoms with Crippen LogP contribution in [0.15, 0.2) is 51.9 Å². The van der Waals surface area contributed by atoms with Gasteiger partial charge in [-0.25, -0.2) is 9.98 Å². The molecule has 1 heterocycles. The van der Waals surface area contributed by atoms with Crippen molar-refractivity contribution in [3.8, 4) is 23.4 Å². The molecule has 0 aliphatic heterocycles. The van der Waals surface area contributed by atoms with Crippen molar-refractivity contribution in [3.63, 3.8) is 0 Å². The van der Waals surface area contributed by atoms with Gasteiger partial charge in [-0.2, -0.15) is 5.26 Å². The van der Waals surface area contributed by atoms with E-state index in [-0.39, 0.29) is 5.75 Å². The number of hydrogen-bond acceptors (Lipinski definition) is 6. The molecule has 0 saturated heterocycles. The first-order valence-electron chi connectivity index (χ1n) is 6.68. The number of rotatable bonds is 2. The molecule has 23 heavy (non-hydrogen) atoms. The average molecular weight is 324 g/mol. The van der Waals surface area contributed by atoms with Crippen molar-refractivity contribution >= 4 is 33.7 Å². The minimum atomic E-state index is 0.0504. The highest BCUT2D eigenvalue weighted by atomic mass is 32.2. The third-order valence-corrected chi connectivity index (χ3v) is 3.67. The van der Waals surface area contributed by atoms with E-state index in [0.29, 0.717) is 33.4 Å². The molecule has 3 aromatic rings. The highest BCUT2D eigenvalue weighted by molar-refractivity contribution is 8.13. The van der Waals surface area contributed by atoms with Crippen molar-refractivity contribution in [1.29, 1.82) is 5.26 Å². The fourth-order valence-corrected chi connectivity index (χ4v) is 2.39. The summed E-state index contributed by atoms with van der Waals surface area (Å²) in [6, 6.07) is 12.2. The fraction of sp³-hybridized carbons (Fsp3) is 0.0625. The van der Waals surface area contributed by atoms with Crippen molar-refractivity contribution in [1.82, 2.24) is 10.3 Å². The summed E-state index contributed by atoms with van der Waals surface area (Å²) in [7, 11) is 0. The zero-order valence-electron chi connectivity index (χ0n) is 12.1. The van der Waals surface area contributed by atoms with Gasteiger partial charge in [-0.15, -0.1) is 0 Å². The van der Waals surface area contributed by atoms with Gasteiger partial charge in [0.15, 0.2) is 16.9 Å². The SMILES string of the molecule is CSC(=Nc1ccc(O)c(-c2nc3ccccc3o2)c1)NC#N. The summed E-state index contributed by atoms with van der Waals surface area (Å²) in [6.07, 6.45) is 3.64. The Labute approximate surface area is 136 Å². The van der Waals surface area contributed by atoms with E-state index in [9.17, 15) is 5.11 Å². The summed E-state index contributed by atoms with van der Waals surface area (Å²) in [5.74, 6) is 0.370. The molecule has 0 bridgehead atoms. The molecule has 0 amide bonds. The third-order valence-electron chi connectivity index (χ3n) is 3.09. The van der Waals surface area contributed by atoms with Gasteiger partial charge in [-0.05, 0) is 36.6 Å². The van der Waals surface area contributed by atoms with Crippen LogP contribution >= 0.6 is 11.8 Å². The number of oxazole rings is 1.